The van der Waals surface area contributed by atoms with Crippen LogP contribution in [0.25, 0.3) is 0 Å². The van der Waals surface area contributed by atoms with E-state index in [9.17, 15) is 4.79 Å². The normalized spacial score (nSPS) is 10.3. The third kappa shape index (κ3) is 3.59. The molecule has 0 bridgehead atoms. The molecule has 0 saturated heterocycles. The van der Waals surface area contributed by atoms with Gasteiger partial charge in [0.05, 0.1) is 0 Å². The maximum Gasteiger partial charge on any atom is 0.224 e. The molecular weight excluding hydrogens is 299 g/mol. The van der Waals surface area contributed by atoms with Gasteiger partial charge in [0.2, 0.25) is 5.91 Å². The number of aryl methyl sites for hydroxylation is 1. The number of carbonyl (C=O) groups excluding carboxylic acids is 1. The SMILES string of the molecule is Nc1ccccc1CCC(=O)Nc1c(Cl)ncnc1Cl. The van der Waals surface area contributed by atoms with Gasteiger partial charge in [-0.15, -0.1) is 0 Å². The molecule has 5 nitrogen and oxygen atoms in total. The molecule has 1 aromatic heterocycles. The first-order valence-electron chi connectivity index (χ1n) is 5.87. The minimum Gasteiger partial charge on any atom is -0.399 e. The van der Waals surface area contributed by atoms with E-state index in [1.807, 2.05) is 18.2 Å². The van der Waals surface area contributed by atoms with Crippen molar-refractivity contribution in [1.29, 1.82) is 0 Å². The molecule has 0 radical (unpaired) electrons. The molecule has 2 rings (SSSR count). The number of rotatable bonds is 4. The average molecular weight is 311 g/mol. The molecule has 0 spiro atoms. The first kappa shape index (κ1) is 14.6. The van der Waals surface area contributed by atoms with E-state index >= 15 is 0 Å². The summed E-state index contributed by atoms with van der Waals surface area (Å²) in [6.45, 7) is 0. The van der Waals surface area contributed by atoms with Gasteiger partial charge in [-0.1, -0.05) is 41.4 Å². The summed E-state index contributed by atoms with van der Waals surface area (Å²) in [6, 6.07) is 7.41. The number of hydrogen-bond donors (Lipinski definition) is 2. The van der Waals surface area contributed by atoms with Crippen LogP contribution >= 0.6 is 23.2 Å². The summed E-state index contributed by atoms with van der Waals surface area (Å²) in [6.07, 6.45) is 2.02. The summed E-state index contributed by atoms with van der Waals surface area (Å²) in [5, 5.41) is 2.82. The summed E-state index contributed by atoms with van der Waals surface area (Å²) >= 11 is 11.7. The van der Waals surface area contributed by atoms with Crippen molar-refractivity contribution in [3.05, 3.63) is 46.5 Å². The first-order valence-corrected chi connectivity index (χ1v) is 6.62. The van der Waals surface area contributed by atoms with Gasteiger partial charge in [0, 0.05) is 12.1 Å². The molecular formula is C13H12Cl2N4O. The molecule has 7 heteroatoms. The van der Waals surface area contributed by atoms with Crippen molar-refractivity contribution in [2.75, 3.05) is 11.1 Å². The van der Waals surface area contributed by atoms with Gasteiger partial charge >= 0.3 is 0 Å². The second-order valence-corrected chi connectivity index (χ2v) is 4.79. The van der Waals surface area contributed by atoms with Crippen molar-refractivity contribution >= 4 is 40.5 Å². The Morgan fingerprint density at radius 3 is 2.50 bits per heavy atom. The van der Waals surface area contributed by atoms with E-state index in [-0.39, 0.29) is 28.3 Å². The standard InChI is InChI=1S/C13H12Cl2N4O/c14-12-11(13(15)18-7-17-12)19-10(20)6-5-8-3-1-2-4-9(8)16/h1-4,7H,5-6,16H2,(H,19,20). The number of nitrogens with two attached hydrogens (primary N) is 1. The second-order valence-electron chi connectivity index (χ2n) is 4.08. The lowest BCUT2D eigenvalue weighted by molar-refractivity contribution is -0.116. The van der Waals surface area contributed by atoms with Crippen molar-refractivity contribution in [1.82, 2.24) is 9.97 Å². The number of benzene rings is 1. The van der Waals surface area contributed by atoms with Crippen LogP contribution in [0.4, 0.5) is 11.4 Å². The van der Waals surface area contributed by atoms with Crippen LogP contribution < -0.4 is 11.1 Å². The molecule has 1 heterocycles. The van der Waals surface area contributed by atoms with E-state index in [0.29, 0.717) is 12.1 Å². The van der Waals surface area contributed by atoms with Gasteiger partial charge in [-0.2, -0.15) is 0 Å². The van der Waals surface area contributed by atoms with Crippen molar-refractivity contribution < 1.29 is 4.79 Å². The van der Waals surface area contributed by atoms with Crippen molar-refractivity contribution in [3.63, 3.8) is 0 Å². The fraction of sp³-hybridized carbons (Fsp3) is 0.154. The van der Waals surface area contributed by atoms with Crippen molar-refractivity contribution in [2.45, 2.75) is 12.8 Å². The van der Waals surface area contributed by atoms with E-state index in [0.717, 1.165) is 5.56 Å². The maximum atomic E-state index is 11.9. The number of carbonyl (C=O) groups is 1. The molecule has 1 aromatic carbocycles. The number of nitrogens with zero attached hydrogens (tertiary/aromatic N) is 2. The maximum absolute atomic E-state index is 11.9. The van der Waals surface area contributed by atoms with Gasteiger partial charge in [0.25, 0.3) is 0 Å². The highest BCUT2D eigenvalue weighted by Crippen LogP contribution is 2.25. The van der Waals surface area contributed by atoms with Crippen LogP contribution in [0.5, 0.6) is 0 Å². The third-order valence-corrected chi connectivity index (χ3v) is 3.27. The Hall–Kier alpha value is -1.85. The number of hydrogen-bond acceptors (Lipinski definition) is 4. The molecule has 0 aliphatic carbocycles. The Kier molecular flexibility index (Phi) is 4.76. The molecule has 1 amide bonds. The van der Waals surface area contributed by atoms with E-state index in [2.05, 4.69) is 15.3 Å². The zero-order valence-electron chi connectivity index (χ0n) is 10.4. The number of nitrogen functional groups attached to an aromatic ring is 1. The Labute approximate surface area is 126 Å². The number of aromatic nitrogens is 2. The predicted molar refractivity (Wildman–Crippen MR) is 79.9 cm³/mol. The minimum atomic E-state index is -0.230. The first-order chi connectivity index (χ1) is 9.58. The fourth-order valence-electron chi connectivity index (χ4n) is 1.66. The van der Waals surface area contributed by atoms with Crippen LogP contribution in [-0.4, -0.2) is 15.9 Å². The topological polar surface area (TPSA) is 80.9 Å². The Morgan fingerprint density at radius 1 is 1.20 bits per heavy atom. The molecule has 3 N–H and O–H groups in total. The van der Waals surface area contributed by atoms with E-state index < -0.39 is 0 Å². The molecule has 20 heavy (non-hydrogen) atoms. The van der Waals surface area contributed by atoms with Gasteiger partial charge in [0.1, 0.15) is 12.0 Å². The molecule has 104 valence electrons. The van der Waals surface area contributed by atoms with Gasteiger partial charge in [-0.3, -0.25) is 4.79 Å². The van der Waals surface area contributed by atoms with Crippen LogP contribution in [0.15, 0.2) is 30.6 Å². The largest absolute Gasteiger partial charge is 0.399 e. The van der Waals surface area contributed by atoms with Crippen LogP contribution in [-0.2, 0) is 11.2 Å². The number of anilines is 2. The summed E-state index contributed by atoms with van der Waals surface area (Å²) in [4.78, 5) is 19.4. The Bertz CT molecular complexity index is 613. The monoisotopic (exact) mass is 310 g/mol. The van der Waals surface area contributed by atoms with Gasteiger partial charge in [0.15, 0.2) is 10.3 Å². The Balaban J connectivity index is 1.98. The van der Waals surface area contributed by atoms with E-state index in [4.69, 9.17) is 28.9 Å². The molecule has 0 unspecified atom stereocenters. The third-order valence-electron chi connectivity index (χ3n) is 2.70. The van der Waals surface area contributed by atoms with E-state index in [1.165, 1.54) is 6.33 Å². The molecule has 0 fully saturated rings. The molecule has 0 aliphatic heterocycles. The highest BCUT2D eigenvalue weighted by Gasteiger charge is 2.12. The highest BCUT2D eigenvalue weighted by molar-refractivity contribution is 6.38. The lowest BCUT2D eigenvalue weighted by atomic mass is 10.1. The lowest BCUT2D eigenvalue weighted by Crippen LogP contribution is -2.14. The number of nitrogens with one attached hydrogen (secondary N) is 1. The summed E-state index contributed by atoms with van der Waals surface area (Å²) in [5.74, 6) is -0.230. The smallest absolute Gasteiger partial charge is 0.224 e. The molecule has 0 aliphatic rings. The number of amides is 1. The summed E-state index contributed by atoms with van der Waals surface area (Å²) in [5.41, 5.74) is 7.62. The zero-order valence-corrected chi connectivity index (χ0v) is 11.9. The summed E-state index contributed by atoms with van der Waals surface area (Å²) in [7, 11) is 0. The lowest BCUT2D eigenvalue weighted by Gasteiger charge is -2.08. The van der Waals surface area contributed by atoms with Crippen molar-refractivity contribution in [3.8, 4) is 0 Å². The molecule has 0 atom stereocenters. The minimum absolute atomic E-state index is 0.109. The number of halogens is 2. The predicted octanol–water partition coefficient (Wildman–Crippen LogP) is 2.94. The van der Waals surface area contributed by atoms with Gasteiger partial charge < -0.3 is 11.1 Å². The van der Waals surface area contributed by atoms with Gasteiger partial charge in [-0.05, 0) is 18.1 Å². The van der Waals surface area contributed by atoms with Gasteiger partial charge in [-0.25, -0.2) is 9.97 Å². The molecule has 2 aromatic rings. The van der Waals surface area contributed by atoms with E-state index in [1.54, 1.807) is 6.07 Å². The highest BCUT2D eigenvalue weighted by atomic mass is 35.5. The average Bonchev–Trinajstić information content (AvgIpc) is 2.42. The zero-order chi connectivity index (χ0) is 14.5. The van der Waals surface area contributed by atoms with Crippen LogP contribution in [0.3, 0.4) is 0 Å². The van der Waals surface area contributed by atoms with Crippen LogP contribution in [0.1, 0.15) is 12.0 Å². The number of para-hydroxylation sites is 1. The quantitative estimate of drug-likeness (QED) is 0.672. The second kappa shape index (κ2) is 6.54. The van der Waals surface area contributed by atoms with Crippen LogP contribution in [0.2, 0.25) is 10.3 Å². The van der Waals surface area contributed by atoms with Crippen molar-refractivity contribution in [2.24, 2.45) is 0 Å². The fourth-order valence-corrected chi connectivity index (χ4v) is 2.07. The molecule has 0 saturated carbocycles. The summed E-state index contributed by atoms with van der Waals surface area (Å²) < 4.78 is 0. The Morgan fingerprint density at radius 2 is 1.85 bits per heavy atom. The van der Waals surface area contributed by atoms with Crippen LogP contribution in [0, 0.1) is 0 Å².